The molecule has 0 unspecified atom stereocenters. The van der Waals surface area contributed by atoms with Crippen LogP contribution < -0.4 is 0 Å². The van der Waals surface area contributed by atoms with Gasteiger partial charge in [-0.05, 0) is 43.7 Å². The second kappa shape index (κ2) is 9.11. The number of rotatable bonds is 4. The maximum Gasteiger partial charge on any atom is 0.272 e. The maximum atomic E-state index is 12.7. The fraction of sp³-hybridized carbons (Fsp3) is 0.739. The van der Waals surface area contributed by atoms with E-state index in [4.69, 9.17) is 4.74 Å². The predicted octanol–water partition coefficient (Wildman–Crippen LogP) is 2.51. The van der Waals surface area contributed by atoms with E-state index in [9.17, 15) is 4.79 Å². The Labute approximate surface area is 175 Å². The lowest BCUT2D eigenvalue weighted by atomic mass is 9.81. The van der Waals surface area contributed by atoms with Gasteiger partial charge in [0.1, 0.15) is 5.69 Å². The van der Waals surface area contributed by atoms with Crippen molar-refractivity contribution in [2.75, 3.05) is 52.4 Å². The molecule has 0 N–H and O–H groups in total. The summed E-state index contributed by atoms with van der Waals surface area (Å²) in [6.45, 7) is 12.9. The minimum Gasteiger partial charge on any atom is -0.375 e. The van der Waals surface area contributed by atoms with Gasteiger partial charge in [-0.25, -0.2) is 0 Å². The molecule has 0 saturated carbocycles. The summed E-state index contributed by atoms with van der Waals surface area (Å²) in [6, 6.07) is 6.16. The van der Waals surface area contributed by atoms with Gasteiger partial charge in [-0.3, -0.25) is 14.7 Å². The van der Waals surface area contributed by atoms with Crippen LogP contribution in [0.3, 0.4) is 0 Å². The Hall–Kier alpha value is -1.50. The first-order valence-electron chi connectivity index (χ1n) is 11.4. The van der Waals surface area contributed by atoms with Crippen molar-refractivity contribution < 1.29 is 9.53 Å². The van der Waals surface area contributed by atoms with Gasteiger partial charge in [0.25, 0.3) is 5.91 Å². The molecule has 3 saturated heterocycles. The number of aromatic nitrogens is 1. The van der Waals surface area contributed by atoms with Gasteiger partial charge in [-0.2, -0.15) is 0 Å². The second-order valence-corrected chi connectivity index (χ2v) is 9.42. The fourth-order valence-electron chi connectivity index (χ4n) is 5.26. The van der Waals surface area contributed by atoms with Gasteiger partial charge >= 0.3 is 0 Å². The molecule has 3 fully saturated rings. The summed E-state index contributed by atoms with van der Waals surface area (Å²) < 4.78 is 6.34. The summed E-state index contributed by atoms with van der Waals surface area (Å²) in [5.41, 5.74) is 0.504. The Morgan fingerprint density at radius 2 is 1.93 bits per heavy atom. The summed E-state index contributed by atoms with van der Waals surface area (Å²) in [4.78, 5) is 24.2. The number of pyridine rings is 1. The Kier molecular flexibility index (Phi) is 6.52. The molecular formula is C23H36N4O2. The van der Waals surface area contributed by atoms with Crippen LogP contribution in [0.4, 0.5) is 0 Å². The molecule has 160 valence electrons. The van der Waals surface area contributed by atoms with E-state index in [1.807, 2.05) is 17.0 Å². The summed E-state index contributed by atoms with van der Waals surface area (Å²) in [6.07, 6.45) is 5.82. The summed E-state index contributed by atoms with van der Waals surface area (Å²) >= 11 is 0. The van der Waals surface area contributed by atoms with Crippen molar-refractivity contribution >= 4 is 5.91 Å². The quantitative estimate of drug-likeness (QED) is 0.777. The molecule has 0 radical (unpaired) electrons. The van der Waals surface area contributed by atoms with Crippen molar-refractivity contribution in [2.45, 2.75) is 51.2 Å². The number of hydrogen-bond donors (Lipinski definition) is 0. The molecule has 4 rings (SSSR count). The molecule has 1 spiro atoms. The lowest BCUT2D eigenvalue weighted by Crippen LogP contribution is -2.57. The zero-order chi connectivity index (χ0) is 20.3. The molecule has 3 aliphatic rings. The largest absolute Gasteiger partial charge is 0.375 e. The molecule has 29 heavy (non-hydrogen) atoms. The first kappa shape index (κ1) is 20.8. The monoisotopic (exact) mass is 400 g/mol. The minimum atomic E-state index is -0.0428. The molecular weight excluding hydrogens is 364 g/mol. The zero-order valence-corrected chi connectivity index (χ0v) is 18.1. The van der Waals surface area contributed by atoms with Crippen molar-refractivity contribution in [3.63, 3.8) is 0 Å². The number of nitrogens with zero attached hydrogens (tertiary/aromatic N) is 4. The number of carbonyl (C=O) groups excluding carboxylic acids is 1. The second-order valence-electron chi connectivity index (χ2n) is 9.42. The van der Waals surface area contributed by atoms with Crippen LogP contribution >= 0.6 is 0 Å². The van der Waals surface area contributed by atoms with E-state index in [0.717, 1.165) is 51.3 Å². The molecule has 0 aromatic carbocycles. The molecule has 4 heterocycles. The molecule has 1 atom stereocenters. The van der Waals surface area contributed by atoms with E-state index in [1.165, 1.54) is 32.7 Å². The lowest BCUT2D eigenvalue weighted by Gasteiger charge is -2.49. The van der Waals surface area contributed by atoms with Gasteiger partial charge in [0.15, 0.2) is 0 Å². The van der Waals surface area contributed by atoms with Crippen LogP contribution in [0.5, 0.6) is 0 Å². The third kappa shape index (κ3) is 4.98. The molecule has 1 aromatic heterocycles. The molecule has 0 bridgehead atoms. The van der Waals surface area contributed by atoms with Gasteiger partial charge in [0, 0.05) is 64.7 Å². The highest BCUT2D eigenvalue weighted by molar-refractivity contribution is 5.92. The maximum absolute atomic E-state index is 12.7. The molecule has 6 heteroatoms. The molecule has 6 nitrogen and oxygen atoms in total. The highest BCUT2D eigenvalue weighted by atomic mass is 16.5. The average molecular weight is 401 g/mol. The van der Waals surface area contributed by atoms with Crippen molar-refractivity contribution in [3.8, 4) is 0 Å². The first-order valence-corrected chi connectivity index (χ1v) is 11.4. The zero-order valence-electron chi connectivity index (χ0n) is 18.1. The van der Waals surface area contributed by atoms with Crippen LogP contribution in [0, 0.1) is 5.92 Å². The Morgan fingerprint density at radius 3 is 2.59 bits per heavy atom. The number of amides is 1. The third-order valence-electron chi connectivity index (χ3n) is 6.86. The summed E-state index contributed by atoms with van der Waals surface area (Å²) in [7, 11) is 0. The fourth-order valence-corrected chi connectivity index (χ4v) is 5.26. The van der Waals surface area contributed by atoms with E-state index >= 15 is 0 Å². The van der Waals surface area contributed by atoms with E-state index in [0.29, 0.717) is 11.7 Å². The van der Waals surface area contributed by atoms with Crippen LogP contribution in [0.1, 0.15) is 50.0 Å². The van der Waals surface area contributed by atoms with Crippen LogP contribution in [0.25, 0.3) is 0 Å². The van der Waals surface area contributed by atoms with Crippen molar-refractivity contribution in [3.05, 3.63) is 30.1 Å². The molecule has 1 amide bonds. The summed E-state index contributed by atoms with van der Waals surface area (Å²) in [5, 5.41) is 0. The van der Waals surface area contributed by atoms with E-state index in [2.05, 4.69) is 28.6 Å². The van der Waals surface area contributed by atoms with E-state index < -0.39 is 0 Å². The van der Waals surface area contributed by atoms with Crippen LogP contribution in [0.2, 0.25) is 0 Å². The standard InChI is InChI=1S/C23H36N4O2/c1-19(2)18-25-12-14-26(15-13-25)20-6-16-29-23(17-20)7-10-27(11-8-23)22(28)21-5-3-4-9-24-21/h3-5,9,19-20H,6-8,10-18H2,1-2H3/t20-/m0/s1. The van der Waals surface area contributed by atoms with Crippen molar-refractivity contribution in [2.24, 2.45) is 5.92 Å². The lowest BCUT2D eigenvalue weighted by molar-refractivity contribution is -0.132. The summed E-state index contributed by atoms with van der Waals surface area (Å²) in [5.74, 6) is 0.793. The topological polar surface area (TPSA) is 48.9 Å². The van der Waals surface area contributed by atoms with Gasteiger partial charge in [-0.1, -0.05) is 19.9 Å². The molecule has 3 aliphatic heterocycles. The number of carbonyl (C=O) groups is 1. The van der Waals surface area contributed by atoms with Gasteiger partial charge in [-0.15, -0.1) is 0 Å². The predicted molar refractivity (Wildman–Crippen MR) is 114 cm³/mol. The number of piperazine rings is 1. The average Bonchev–Trinajstić information content (AvgIpc) is 2.75. The first-order chi connectivity index (χ1) is 14.0. The molecule has 0 aliphatic carbocycles. The van der Waals surface area contributed by atoms with Gasteiger partial charge in [0.2, 0.25) is 0 Å². The van der Waals surface area contributed by atoms with Crippen LogP contribution in [-0.4, -0.2) is 89.7 Å². The highest BCUT2D eigenvalue weighted by Crippen LogP contribution is 2.37. The number of likely N-dealkylation sites (tertiary alicyclic amines) is 1. The minimum absolute atomic E-state index is 0.0428. The SMILES string of the molecule is CC(C)CN1CCN([C@H]2CCOC3(CCN(C(=O)c4ccccn4)CC3)C2)CC1. The van der Waals surface area contributed by atoms with E-state index in [-0.39, 0.29) is 11.5 Å². The Balaban J connectivity index is 1.29. The van der Waals surface area contributed by atoms with Crippen LogP contribution in [0.15, 0.2) is 24.4 Å². The van der Waals surface area contributed by atoms with Crippen LogP contribution in [-0.2, 0) is 4.74 Å². The Morgan fingerprint density at radius 1 is 1.17 bits per heavy atom. The van der Waals surface area contributed by atoms with Crippen molar-refractivity contribution in [1.29, 1.82) is 0 Å². The normalized spacial score (nSPS) is 26.2. The molecule has 1 aromatic rings. The number of hydrogen-bond acceptors (Lipinski definition) is 5. The number of piperidine rings is 1. The number of ether oxygens (including phenoxy) is 1. The van der Waals surface area contributed by atoms with E-state index in [1.54, 1.807) is 12.3 Å². The smallest absolute Gasteiger partial charge is 0.272 e. The van der Waals surface area contributed by atoms with Gasteiger partial charge in [0.05, 0.1) is 5.60 Å². The highest BCUT2D eigenvalue weighted by Gasteiger charge is 2.43. The van der Waals surface area contributed by atoms with Crippen molar-refractivity contribution in [1.82, 2.24) is 19.7 Å². The third-order valence-corrected chi connectivity index (χ3v) is 6.86. The Bertz CT molecular complexity index is 665. The van der Waals surface area contributed by atoms with Gasteiger partial charge < -0.3 is 14.5 Å².